The second-order valence-electron chi connectivity index (χ2n) is 22.4. The number of nitrogens with zero attached hydrogens (tertiary/aromatic N) is 6. The van der Waals surface area contributed by atoms with E-state index in [1.807, 2.05) is 144 Å². The molecule has 0 saturated carbocycles. The Morgan fingerprint density at radius 1 is 0.495 bits per heavy atom. The number of carboxylic acid groups (broad SMARTS) is 3. The number of anilines is 3. The highest BCUT2D eigenvalue weighted by Gasteiger charge is 2.15. The molecule has 8 rings (SSSR count). The summed E-state index contributed by atoms with van der Waals surface area (Å²) in [5.41, 5.74) is 7.53. The van der Waals surface area contributed by atoms with Gasteiger partial charge in [0.25, 0.3) is 0 Å². The van der Waals surface area contributed by atoms with E-state index in [1.54, 1.807) is 19.1 Å². The maximum absolute atomic E-state index is 12.6. The van der Waals surface area contributed by atoms with Crippen LogP contribution in [0.15, 0.2) is 159 Å². The number of rotatable bonds is 33. The third kappa shape index (κ3) is 28.8. The molecule has 526 valence electrons. The number of carbonyl (C=O) groups is 5. The standard InChI is InChI=1S/2C24H28N2O4.C15H21NO4.C11H15NO2.3BrH/c2*1-3-26(4-2)20-10-9-19-16-21(24(29)30-22(19)17-20)18-11-14-25(15-12-18)13-7-5-6-8-23(27)28;1-2-20-15(19)12-13-7-10-16(11-8-13)9-5-3-4-6-14(17)18;1-3-12(4-2)10-6-5-9(8-13)11(14)7-10;;;/h2*9-12,14-17H,3-8,13H2,1-2H3;7-8,10-11H,2-6,9,12H2,1H3;5-8,14H,3-4H2,1-2H3;3*1H. The molecule has 0 atom stereocenters. The lowest BCUT2D eigenvalue weighted by molar-refractivity contribution is -0.697. The van der Waals surface area contributed by atoms with E-state index < -0.39 is 17.9 Å². The second kappa shape index (κ2) is 46.0. The average Bonchev–Trinajstić information content (AvgIpc) is 0.803. The first-order valence-electron chi connectivity index (χ1n) is 32.8. The number of hydrogen-bond donors (Lipinski definition) is 3. The van der Waals surface area contributed by atoms with Crippen LogP contribution >= 0.6 is 17.0 Å². The molecule has 0 fully saturated rings. The van der Waals surface area contributed by atoms with Gasteiger partial charge in [-0.1, -0.05) is 0 Å². The van der Waals surface area contributed by atoms with Crippen LogP contribution in [-0.2, 0) is 50.0 Å². The highest BCUT2D eigenvalue weighted by Crippen LogP contribution is 2.28. The SMILES string of the molecule is Br.CCN(CC)c1ccc(C=O)c(O)c1.CCN(CC)c1ccc2cc(-c3cc[n+](CCCCCC(=O)O)cc3)c(=O)oc2c1.CCN(CC)c1ccc2cc(-c3cc[n+](CCCCCC(=O)[O-])cc3)c(=O)oc2c1.CCOC(=O)Cc1cc[n+](CCCCCC(=O)O)cc1.[Br-].[Br-]. The van der Waals surface area contributed by atoms with Crippen molar-refractivity contribution in [3.63, 3.8) is 0 Å². The molecule has 0 aliphatic carbocycles. The first-order chi connectivity index (χ1) is 45.4. The number of hydrogen-bond acceptors (Lipinski definition) is 15. The van der Waals surface area contributed by atoms with Gasteiger partial charge in [-0.15, -0.1) is 17.0 Å². The van der Waals surface area contributed by atoms with E-state index in [0.29, 0.717) is 60.0 Å². The second-order valence-corrected chi connectivity index (χ2v) is 22.4. The zero-order valence-corrected chi connectivity index (χ0v) is 61.7. The molecular formula is C74H95Br3N6O14. The van der Waals surface area contributed by atoms with Gasteiger partial charge in [-0.3, -0.25) is 19.2 Å². The number of aryl methyl sites for hydroxylation is 3. The van der Waals surface area contributed by atoms with Crippen LogP contribution in [0.25, 0.3) is 44.2 Å². The topological polar surface area (TPSA) is 260 Å². The van der Waals surface area contributed by atoms with Gasteiger partial charge in [-0.2, -0.15) is 0 Å². The predicted molar refractivity (Wildman–Crippen MR) is 373 cm³/mol. The molecule has 8 aromatic rings. The molecule has 0 amide bonds. The van der Waals surface area contributed by atoms with Crippen LogP contribution in [0, 0.1) is 0 Å². The minimum absolute atomic E-state index is 0. The summed E-state index contributed by atoms with van der Waals surface area (Å²) in [6.45, 7) is 22.5. The van der Waals surface area contributed by atoms with Crippen molar-refractivity contribution in [2.45, 2.75) is 152 Å². The van der Waals surface area contributed by atoms with Gasteiger partial charge in [0.15, 0.2) is 43.5 Å². The number of fused-ring (bicyclic) bond motifs is 2. The van der Waals surface area contributed by atoms with Crippen LogP contribution in [0.3, 0.4) is 0 Å². The molecule has 3 N–H and O–H groups in total. The largest absolute Gasteiger partial charge is 1.00 e. The van der Waals surface area contributed by atoms with Gasteiger partial charge in [0.1, 0.15) is 36.5 Å². The third-order valence-corrected chi connectivity index (χ3v) is 15.9. The van der Waals surface area contributed by atoms with E-state index in [2.05, 4.69) is 54.5 Å². The Morgan fingerprint density at radius 3 is 1.20 bits per heavy atom. The fourth-order valence-electron chi connectivity index (χ4n) is 10.5. The number of halogens is 3. The molecule has 0 bridgehead atoms. The smallest absolute Gasteiger partial charge is 0.344 e. The molecule has 23 heteroatoms. The Hall–Kier alpha value is -8.28. The van der Waals surface area contributed by atoms with Crippen molar-refractivity contribution in [3.8, 4) is 28.0 Å². The van der Waals surface area contributed by atoms with E-state index in [0.717, 1.165) is 148 Å². The molecule has 0 saturated heterocycles. The maximum Gasteiger partial charge on any atom is 0.344 e. The number of carboxylic acids is 3. The summed E-state index contributed by atoms with van der Waals surface area (Å²) in [6.07, 6.45) is 20.6. The van der Waals surface area contributed by atoms with Crippen molar-refractivity contribution in [3.05, 3.63) is 172 Å². The molecule has 3 aromatic carbocycles. The third-order valence-electron chi connectivity index (χ3n) is 15.9. The van der Waals surface area contributed by atoms with Crippen LogP contribution in [0.4, 0.5) is 17.1 Å². The quantitative estimate of drug-likeness (QED) is 0.0151. The predicted octanol–water partition coefficient (Wildman–Crippen LogP) is 5.50. The average molecular weight is 1530 g/mol. The van der Waals surface area contributed by atoms with Gasteiger partial charge in [0.2, 0.25) is 0 Å². The van der Waals surface area contributed by atoms with Crippen LogP contribution in [0.2, 0.25) is 0 Å². The first kappa shape index (κ1) is 84.8. The fourth-order valence-corrected chi connectivity index (χ4v) is 10.5. The number of esters is 1. The Kier molecular flexibility index (Phi) is 40.2. The Balaban J connectivity index is 0.000000452. The van der Waals surface area contributed by atoms with E-state index >= 15 is 0 Å². The summed E-state index contributed by atoms with van der Waals surface area (Å²) in [4.78, 5) is 84.9. The van der Waals surface area contributed by atoms with Crippen LogP contribution in [0.5, 0.6) is 5.75 Å². The number of phenols is 1. The molecule has 0 unspecified atom stereocenters. The maximum atomic E-state index is 12.6. The highest BCUT2D eigenvalue weighted by molar-refractivity contribution is 8.93. The molecule has 5 heterocycles. The fraction of sp³-hybridized carbons (Fsp3) is 0.405. The van der Waals surface area contributed by atoms with E-state index in [9.17, 15) is 43.8 Å². The molecule has 0 aliphatic heterocycles. The minimum Gasteiger partial charge on any atom is -1.00 e. The van der Waals surface area contributed by atoms with Crippen LogP contribution < -0.4 is 78.7 Å². The van der Waals surface area contributed by atoms with Crippen molar-refractivity contribution in [1.82, 2.24) is 0 Å². The summed E-state index contributed by atoms with van der Waals surface area (Å²) in [5.74, 6) is -2.64. The van der Waals surface area contributed by atoms with E-state index in [1.165, 1.54) is 0 Å². The van der Waals surface area contributed by atoms with Gasteiger partial charge in [0.05, 0.1) is 29.7 Å². The van der Waals surface area contributed by atoms with Crippen molar-refractivity contribution < 1.29 is 106 Å². The summed E-state index contributed by atoms with van der Waals surface area (Å²) in [7, 11) is 0. The lowest BCUT2D eigenvalue weighted by Gasteiger charge is -2.21. The summed E-state index contributed by atoms with van der Waals surface area (Å²) >= 11 is 0. The highest BCUT2D eigenvalue weighted by atomic mass is 79.9. The first-order valence-corrected chi connectivity index (χ1v) is 32.8. The number of pyridine rings is 3. The Bertz CT molecular complexity index is 3630. The number of benzene rings is 3. The van der Waals surface area contributed by atoms with Gasteiger partial charge < -0.3 is 87.5 Å². The zero-order valence-electron chi connectivity index (χ0n) is 56.8. The van der Waals surface area contributed by atoms with Crippen molar-refractivity contribution >= 4 is 86.1 Å². The van der Waals surface area contributed by atoms with Crippen molar-refractivity contribution in [2.24, 2.45) is 0 Å². The Morgan fingerprint density at radius 2 is 0.856 bits per heavy atom. The number of aldehydes is 1. The number of aromatic nitrogens is 3. The van der Waals surface area contributed by atoms with Gasteiger partial charge in [-0.25, -0.2) is 23.3 Å². The molecule has 20 nitrogen and oxygen atoms in total. The number of phenolic OH excluding ortho intramolecular Hbond substituents is 1. The molecule has 0 spiro atoms. The van der Waals surface area contributed by atoms with Crippen molar-refractivity contribution in [1.29, 1.82) is 0 Å². The van der Waals surface area contributed by atoms with Gasteiger partial charge >= 0.3 is 29.2 Å². The molecule has 0 aliphatic rings. The van der Waals surface area contributed by atoms with Gasteiger partial charge in [0, 0.05) is 171 Å². The lowest BCUT2D eigenvalue weighted by Crippen LogP contribution is -3.00. The summed E-state index contributed by atoms with van der Waals surface area (Å²) in [5, 5.41) is 38.9. The molecule has 5 aromatic heterocycles. The van der Waals surface area contributed by atoms with Crippen molar-refractivity contribution in [2.75, 3.05) is 60.6 Å². The molecule has 97 heavy (non-hydrogen) atoms. The summed E-state index contributed by atoms with van der Waals surface area (Å²) in [6, 6.07) is 32.3. The summed E-state index contributed by atoms with van der Waals surface area (Å²) < 4.78 is 22.3. The van der Waals surface area contributed by atoms with E-state index in [-0.39, 0.29) is 93.2 Å². The van der Waals surface area contributed by atoms with Crippen LogP contribution in [0.1, 0.15) is 141 Å². The number of unbranched alkanes of at least 4 members (excludes halogenated alkanes) is 6. The number of ether oxygens (including phenoxy) is 1. The molecule has 0 radical (unpaired) electrons. The molecular weight excluding hydrogens is 1440 g/mol. The number of carbonyl (C=O) groups excluding carboxylic acids is 3. The zero-order chi connectivity index (χ0) is 68.4. The number of aliphatic carboxylic acids is 3. The Labute approximate surface area is 600 Å². The lowest BCUT2D eigenvalue weighted by atomic mass is 10.1. The van der Waals surface area contributed by atoms with Gasteiger partial charge in [-0.05, 0) is 148 Å². The van der Waals surface area contributed by atoms with E-state index in [4.69, 9.17) is 23.8 Å². The number of aromatic hydroxyl groups is 1. The van der Waals surface area contributed by atoms with Crippen LogP contribution in [-0.4, -0.2) is 91.4 Å². The normalized spacial score (nSPS) is 10.3. The minimum atomic E-state index is -0.995. The monoisotopic (exact) mass is 1530 g/mol.